The number of benzene rings is 2. The Balaban J connectivity index is 0.000000568. The van der Waals surface area contributed by atoms with Crippen LogP contribution < -0.4 is 5.32 Å². The Hall–Kier alpha value is -2.90. The van der Waals surface area contributed by atoms with Gasteiger partial charge in [-0.15, -0.1) is 0 Å². The molecule has 3 N–H and O–H groups in total. The van der Waals surface area contributed by atoms with Crippen molar-refractivity contribution >= 4 is 35.1 Å². The average Bonchev–Trinajstić information content (AvgIpc) is 2.66. The lowest BCUT2D eigenvalue weighted by Crippen LogP contribution is -2.27. The van der Waals surface area contributed by atoms with E-state index in [0.717, 1.165) is 25.3 Å². The Bertz CT molecular complexity index is 771. The second kappa shape index (κ2) is 12.5. The molecular weight excluding hydrogens is 384 g/mol. The van der Waals surface area contributed by atoms with Gasteiger partial charge in [-0.25, -0.2) is 9.59 Å². The van der Waals surface area contributed by atoms with Crippen LogP contribution in [-0.2, 0) is 20.9 Å². The molecule has 0 heterocycles. The van der Waals surface area contributed by atoms with Crippen molar-refractivity contribution in [1.29, 1.82) is 0 Å². The molecule has 0 aliphatic carbocycles. The minimum Gasteiger partial charge on any atom is -0.473 e. The fraction of sp³-hybridized carbons (Fsp3) is 0.250. The molecule has 2 rings (SSSR count). The quantitative estimate of drug-likeness (QED) is 0.609. The lowest BCUT2D eigenvalue weighted by molar-refractivity contribution is -0.159. The molecule has 0 aliphatic rings. The van der Waals surface area contributed by atoms with Crippen LogP contribution in [-0.4, -0.2) is 46.0 Å². The molecule has 8 heteroatoms. The van der Waals surface area contributed by atoms with E-state index in [0.29, 0.717) is 11.4 Å². The maximum absolute atomic E-state index is 12.0. The molecular formula is C20H23ClN2O5. The van der Waals surface area contributed by atoms with Gasteiger partial charge in [0.2, 0.25) is 5.91 Å². The number of carboxylic acid groups (broad SMARTS) is 2. The average molecular weight is 407 g/mol. The SMILES string of the molecule is CCN(CCC(=O)Nc1cccc(Cl)c1)Cc1ccccc1.O=C(O)C(=O)O. The number of aliphatic carboxylic acids is 2. The second-order valence-electron chi connectivity index (χ2n) is 5.77. The van der Waals surface area contributed by atoms with Crippen LogP contribution in [0.3, 0.4) is 0 Å². The molecule has 0 atom stereocenters. The summed E-state index contributed by atoms with van der Waals surface area (Å²) in [6.07, 6.45) is 0.465. The summed E-state index contributed by atoms with van der Waals surface area (Å²) in [6, 6.07) is 17.5. The van der Waals surface area contributed by atoms with Crippen LogP contribution >= 0.6 is 11.6 Å². The Morgan fingerprint density at radius 1 is 1.00 bits per heavy atom. The van der Waals surface area contributed by atoms with Crippen LogP contribution in [0, 0.1) is 0 Å². The lowest BCUT2D eigenvalue weighted by atomic mass is 10.2. The van der Waals surface area contributed by atoms with Crippen LogP contribution in [0.2, 0.25) is 5.02 Å². The number of nitrogens with zero attached hydrogens (tertiary/aromatic N) is 1. The van der Waals surface area contributed by atoms with Gasteiger partial charge in [-0.1, -0.05) is 54.9 Å². The zero-order chi connectivity index (χ0) is 20.9. The highest BCUT2D eigenvalue weighted by molar-refractivity contribution is 6.30. The molecule has 1 amide bonds. The lowest BCUT2D eigenvalue weighted by Gasteiger charge is -2.20. The molecule has 0 radical (unpaired) electrons. The van der Waals surface area contributed by atoms with Crippen molar-refractivity contribution in [2.75, 3.05) is 18.4 Å². The van der Waals surface area contributed by atoms with Gasteiger partial charge >= 0.3 is 11.9 Å². The van der Waals surface area contributed by atoms with E-state index in [4.69, 9.17) is 31.4 Å². The number of carboxylic acids is 2. The molecule has 0 spiro atoms. The van der Waals surface area contributed by atoms with Crippen LogP contribution in [0.15, 0.2) is 54.6 Å². The highest BCUT2D eigenvalue weighted by atomic mass is 35.5. The fourth-order valence-corrected chi connectivity index (χ4v) is 2.43. The van der Waals surface area contributed by atoms with Crippen molar-refractivity contribution in [3.8, 4) is 0 Å². The van der Waals surface area contributed by atoms with E-state index in [1.54, 1.807) is 12.1 Å². The number of carbonyl (C=O) groups is 3. The van der Waals surface area contributed by atoms with Gasteiger partial charge in [-0.05, 0) is 30.3 Å². The molecule has 0 aromatic heterocycles. The summed E-state index contributed by atoms with van der Waals surface area (Å²) in [5, 5.41) is 18.3. The highest BCUT2D eigenvalue weighted by Gasteiger charge is 2.08. The first-order valence-electron chi connectivity index (χ1n) is 8.59. The molecule has 0 bridgehead atoms. The molecule has 2 aromatic rings. The van der Waals surface area contributed by atoms with Crippen molar-refractivity contribution in [3.05, 3.63) is 65.2 Å². The van der Waals surface area contributed by atoms with Crippen LogP contribution in [0.1, 0.15) is 18.9 Å². The first-order chi connectivity index (χ1) is 13.3. The Labute approximate surface area is 168 Å². The van der Waals surface area contributed by atoms with E-state index >= 15 is 0 Å². The standard InChI is InChI=1S/C18H21ClN2O.C2H2O4/c1-2-21(14-15-7-4-3-5-8-15)12-11-18(22)20-17-10-6-9-16(19)13-17;3-1(4)2(5)6/h3-10,13H,2,11-12,14H2,1H3,(H,20,22);(H,3,4)(H,5,6). The largest absolute Gasteiger partial charge is 0.473 e. The third-order valence-corrected chi connectivity index (χ3v) is 3.88. The van der Waals surface area contributed by atoms with Gasteiger partial charge in [0.25, 0.3) is 0 Å². The van der Waals surface area contributed by atoms with Gasteiger partial charge in [0, 0.05) is 30.2 Å². The van der Waals surface area contributed by atoms with E-state index in [1.807, 2.05) is 30.3 Å². The topological polar surface area (TPSA) is 107 Å². The highest BCUT2D eigenvalue weighted by Crippen LogP contribution is 2.15. The molecule has 0 aliphatic heterocycles. The first-order valence-corrected chi connectivity index (χ1v) is 8.97. The molecule has 0 saturated carbocycles. The molecule has 0 saturated heterocycles. The van der Waals surface area contributed by atoms with Gasteiger partial charge in [0.15, 0.2) is 0 Å². The van der Waals surface area contributed by atoms with E-state index in [-0.39, 0.29) is 5.91 Å². The molecule has 150 valence electrons. The zero-order valence-electron chi connectivity index (χ0n) is 15.5. The number of anilines is 1. The molecule has 28 heavy (non-hydrogen) atoms. The van der Waals surface area contributed by atoms with Gasteiger partial charge in [0.05, 0.1) is 0 Å². The summed E-state index contributed by atoms with van der Waals surface area (Å²) in [5.74, 6) is -3.64. The van der Waals surface area contributed by atoms with E-state index < -0.39 is 11.9 Å². The summed E-state index contributed by atoms with van der Waals surface area (Å²) in [6.45, 7) is 4.62. The number of carbonyl (C=O) groups excluding carboxylic acids is 1. The van der Waals surface area contributed by atoms with Crippen molar-refractivity contribution in [2.45, 2.75) is 19.9 Å². The molecule has 2 aromatic carbocycles. The summed E-state index contributed by atoms with van der Waals surface area (Å²) in [7, 11) is 0. The molecule has 0 unspecified atom stereocenters. The normalized spacial score (nSPS) is 9.96. The van der Waals surface area contributed by atoms with Gasteiger partial charge in [-0.3, -0.25) is 9.69 Å². The number of hydrogen-bond acceptors (Lipinski definition) is 4. The van der Waals surface area contributed by atoms with E-state index in [2.05, 4.69) is 29.3 Å². The Morgan fingerprint density at radius 2 is 1.64 bits per heavy atom. The third kappa shape index (κ3) is 9.70. The maximum Gasteiger partial charge on any atom is 0.414 e. The van der Waals surface area contributed by atoms with Crippen molar-refractivity contribution in [1.82, 2.24) is 4.90 Å². The molecule has 7 nitrogen and oxygen atoms in total. The van der Waals surface area contributed by atoms with Gasteiger partial charge in [0.1, 0.15) is 0 Å². The van der Waals surface area contributed by atoms with E-state index in [1.165, 1.54) is 5.56 Å². The zero-order valence-corrected chi connectivity index (χ0v) is 16.2. The Morgan fingerprint density at radius 3 is 2.18 bits per heavy atom. The summed E-state index contributed by atoms with van der Waals surface area (Å²) in [4.78, 5) is 32.5. The fourth-order valence-electron chi connectivity index (χ4n) is 2.24. The van der Waals surface area contributed by atoms with Crippen LogP contribution in [0.25, 0.3) is 0 Å². The predicted octanol–water partition coefficient (Wildman–Crippen LogP) is 3.35. The number of halogens is 1. The monoisotopic (exact) mass is 406 g/mol. The first kappa shape index (κ1) is 23.1. The summed E-state index contributed by atoms with van der Waals surface area (Å²) < 4.78 is 0. The minimum atomic E-state index is -1.82. The van der Waals surface area contributed by atoms with Crippen LogP contribution in [0.4, 0.5) is 5.69 Å². The van der Waals surface area contributed by atoms with Crippen molar-refractivity contribution in [2.24, 2.45) is 0 Å². The number of nitrogens with one attached hydrogen (secondary N) is 1. The molecule has 0 fully saturated rings. The number of amides is 1. The predicted molar refractivity (Wildman–Crippen MR) is 107 cm³/mol. The minimum absolute atomic E-state index is 0.00813. The summed E-state index contributed by atoms with van der Waals surface area (Å²) >= 11 is 5.91. The Kier molecular flexibility index (Phi) is 10.3. The van der Waals surface area contributed by atoms with E-state index in [9.17, 15) is 4.79 Å². The second-order valence-corrected chi connectivity index (χ2v) is 6.21. The van der Waals surface area contributed by atoms with Crippen molar-refractivity contribution < 1.29 is 24.6 Å². The van der Waals surface area contributed by atoms with Gasteiger partial charge in [-0.2, -0.15) is 0 Å². The summed E-state index contributed by atoms with van der Waals surface area (Å²) in [5.41, 5.74) is 2.00. The number of hydrogen-bond donors (Lipinski definition) is 3. The van der Waals surface area contributed by atoms with Crippen LogP contribution in [0.5, 0.6) is 0 Å². The number of rotatable bonds is 7. The third-order valence-electron chi connectivity index (χ3n) is 3.64. The smallest absolute Gasteiger partial charge is 0.414 e. The maximum atomic E-state index is 12.0. The van der Waals surface area contributed by atoms with Gasteiger partial charge < -0.3 is 15.5 Å². The van der Waals surface area contributed by atoms with Crippen molar-refractivity contribution in [3.63, 3.8) is 0 Å².